The summed E-state index contributed by atoms with van der Waals surface area (Å²) >= 11 is 6.00. The van der Waals surface area contributed by atoms with Crippen LogP contribution in [-0.4, -0.2) is 30.9 Å². The number of esters is 1. The van der Waals surface area contributed by atoms with E-state index in [4.69, 9.17) is 25.9 Å². The molecule has 1 aliphatic rings. The van der Waals surface area contributed by atoms with Crippen LogP contribution in [0.3, 0.4) is 0 Å². The van der Waals surface area contributed by atoms with Crippen LogP contribution in [0.15, 0.2) is 29.4 Å². The number of cyclic esters (lactones) is 1. The second kappa shape index (κ2) is 14.8. The highest BCUT2D eigenvalue weighted by Gasteiger charge is 2.10. The van der Waals surface area contributed by atoms with Gasteiger partial charge in [-0.2, -0.15) is 0 Å². The van der Waals surface area contributed by atoms with Gasteiger partial charge in [0.15, 0.2) is 6.61 Å². The fourth-order valence-corrected chi connectivity index (χ4v) is 3.44. The third kappa shape index (κ3) is 10.6. The van der Waals surface area contributed by atoms with Gasteiger partial charge in [0.1, 0.15) is 5.75 Å². The lowest BCUT2D eigenvalue weighted by molar-refractivity contribution is -0.146. The van der Waals surface area contributed by atoms with Crippen molar-refractivity contribution in [2.75, 3.05) is 13.2 Å². The zero-order valence-electron chi connectivity index (χ0n) is 17.6. The number of ether oxygens (including phenoxy) is 2. The Morgan fingerprint density at radius 3 is 2.30 bits per heavy atom. The number of nitrogens with zero attached hydrogens (tertiary/aromatic N) is 1. The van der Waals surface area contributed by atoms with E-state index in [1.165, 1.54) is 25.7 Å². The number of rotatable bonds is 4. The summed E-state index contributed by atoms with van der Waals surface area (Å²) in [5.74, 6) is -0.292. The monoisotopic (exact) mass is 437 g/mol. The molecule has 0 aromatic heterocycles. The Bertz CT molecular complexity index is 692. The van der Waals surface area contributed by atoms with Gasteiger partial charge in [-0.05, 0) is 44.2 Å². The number of para-hydroxylation sites is 1. The lowest BCUT2D eigenvalue weighted by Crippen LogP contribution is -2.14. The molecule has 7 heteroatoms. The molecule has 2 rings (SSSR count). The minimum absolute atomic E-state index is 0.135. The Labute approximate surface area is 183 Å². The van der Waals surface area contributed by atoms with Crippen molar-refractivity contribution in [3.63, 3.8) is 0 Å². The summed E-state index contributed by atoms with van der Waals surface area (Å²) < 4.78 is 10.7. The lowest BCUT2D eigenvalue weighted by Gasteiger charge is -2.09. The summed E-state index contributed by atoms with van der Waals surface area (Å²) in [4.78, 5) is 28.8. The number of hydrogen-bond acceptors (Lipinski definition) is 6. The summed E-state index contributed by atoms with van der Waals surface area (Å²) in [7, 11) is 0. The molecule has 1 saturated heterocycles. The summed E-state index contributed by atoms with van der Waals surface area (Å²) in [6.07, 6.45) is 11.5. The third-order valence-corrected chi connectivity index (χ3v) is 5.24. The molecule has 1 fully saturated rings. The van der Waals surface area contributed by atoms with Crippen LogP contribution in [0.1, 0.15) is 77.0 Å². The van der Waals surface area contributed by atoms with E-state index in [0.717, 1.165) is 37.8 Å². The fourth-order valence-electron chi connectivity index (χ4n) is 3.25. The molecule has 0 saturated carbocycles. The molecular formula is C23H32ClNO5. The molecule has 30 heavy (non-hydrogen) atoms. The smallest absolute Gasteiger partial charge is 0.372 e. The van der Waals surface area contributed by atoms with Crippen molar-refractivity contribution in [3.8, 4) is 5.75 Å². The van der Waals surface area contributed by atoms with Crippen LogP contribution in [0, 0.1) is 0 Å². The molecule has 1 heterocycles. The number of carbonyl (C=O) groups is 2. The number of hydrogen-bond donors (Lipinski definition) is 0. The zero-order chi connectivity index (χ0) is 21.4. The van der Waals surface area contributed by atoms with Gasteiger partial charge in [0.2, 0.25) is 0 Å². The van der Waals surface area contributed by atoms with Crippen molar-refractivity contribution in [2.45, 2.75) is 77.0 Å². The van der Waals surface area contributed by atoms with Crippen LogP contribution in [0.2, 0.25) is 5.02 Å². The van der Waals surface area contributed by atoms with E-state index in [1.807, 2.05) is 0 Å². The molecule has 166 valence electrons. The Kier molecular flexibility index (Phi) is 12.0. The van der Waals surface area contributed by atoms with Crippen LogP contribution >= 0.6 is 11.6 Å². The predicted octanol–water partition coefficient (Wildman–Crippen LogP) is 5.86. The molecule has 0 aliphatic carbocycles. The van der Waals surface area contributed by atoms with Gasteiger partial charge >= 0.3 is 11.9 Å². The summed E-state index contributed by atoms with van der Waals surface area (Å²) in [5.41, 5.74) is 0.809. The van der Waals surface area contributed by atoms with Crippen LogP contribution < -0.4 is 4.74 Å². The molecule has 0 bridgehead atoms. The van der Waals surface area contributed by atoms with E-state index in [-0.39, 0.29) is 12.6 Å². The van der Waals surface area contributed by atoms with E-state index < -0.39 is 5.97 Å². The Balaban J connectivity index is 1.81. The minimum Gasteiger partial charge on any atom is -0.480 e. The van der Waals surface area contributed by atoms with E-state index >= 15 is 0 Å². The standard InChI is InChI=1S/C23H32ClNO5/c24-20-14-9-10-15-21(20)29-18-23(27)30-25-19-12-7-5-3-1-2-4-6-8-16-22(26)28-17-11-13-19/h9-10,14-15H,1-8,11-13,16-18H2/b25-19-. The van der Waals surface area contributed by atoms with Gasteiger partial charge in [-0.15, -0.1) is 0 Å². The molecule has 0 N–H and O–H groups in total. The van der Waals surface area contributed by atoms with Gasteiger partial charge in [-0.25, -0.2) is 4.79 Å². The van der Waals surface area contributed by atoms with Crippen LogP contribution in [0.25, 0.3) is 0 Å². The van der Waals surface area contributed by atoms with Crippen molar-refractivity contribution >= 4 is 29.3 Å². The number of halogens is 1. The molecule has 1 aromatic carbocycles. The average Bonchev–Trinajstić information content (AvgIpc) is 2.74. The minimum atomic E-state index is -0.582. The van der Waals surface area contributed by atoms with Crippen LogP contribution in [0.5, 0.6) is 5.75 Å². The average molecular weight is 438 g/mol. The van der Waals surface area contributed by atoms with E-state index in [0.29, 0.717) is 36.6 Å². The molecule has 1 aliphatic heterocycles. The van der Waals surface area contributed by atoms with Gasteiger partial charge in [0.05, 0.1) is 17.3 Å². The summed E-state index contributed by atoms with van der Waals surface area (Å²) in [6.45, 7) is 0.0968. The van der Waals surface area contributed by atoms with Gasteiger partial charge in [-0.3, -0.25) is 4.79 Å². The first-order valence-corrected chi connectivity index (χ1v) is 11.3. The largest absolute Gasteiger partial charge is 0.480 e. The predicted molar refractivity (Wildman–Crippen MR) is 117 cm³/mol. The second-order valence-electron chi connectivity index (χ2n) is 7.49. The normalized spacial score (nSPS) is 19.1. The number of oxime groups is 1. The molecule has 1 aromatic rings. The quantitative estimate of drug-likeness (QED) is 0.335. The van der Waals surface area contributed by atoms with Crippen molar-refractivity contribution in [2.24, 2.45) is 5.16 Å². The molecule has 0 radical (unpaired) electrons. The zero-order valence-corrected chi connectivity index (χ0v) is 18.3. The van der Waals surface area contributed by atoms with Crippen LogP contribution in [0.4, 0.5) is 0 Å². The van der Waals surface area contributed by atoms with Crippen molar-refractivity contribution in [1.29, 1.82) is 0 Å². The molecule has 0 atom stereocenters. The van der Waals surface area contributed by atoms with Crippen molar-refractivity contribution < 1.29 is 23.9 Å². The van der Waals surface area contributed by atoms with Gasteiger partial charge in [-0.1, -0.05) is 67.4 Å². The van der Waals surface area contributed by atoms with Gasteiger partial charge in [0.25, 0.3) is 0 Å². The summed E-state index contributed by atoms with van der Waals surface area (Å²) in [5, 5.41) is 4.49. The molecule has 0 amide bonds. The first-order chi connectivity index (χ1) is 14.6. The van der Waals surface area contributed by atoms with Gasteiger partial charge < -0.3 is 14.3 Å². The van der Waals surface area contributed by atoms with E-state index in [9.17, 15) is 9.59 Å². The summed E-state index contributed by atoms with van der Waals surface area (Å²) in [6, 6.07) is 6.94. The van der Waals surface area contributed by atoms with Crippen molar-refractivity contribution in [3.05, 3.63) is 29.3 Å². The number of carbonyl (C=O) groups excluding carboxylic acids is 2. The SMILES string of the molecule is O=C1CCCCCCCCCC/C(=N/OC(=O)COc2ccccc2Cl)CCCO1. The molecule has 6 nitrogen and oxygen atoms in total. The Hall–Kier alpha value is -2.08. The fraction of sp³-hybridized carbons (Fsp3) is 0.609. The number of benzene rings is 1. The topological polar surface area (TPSA) is 74.2 Å². The highest BCUT2D eigenvalue weighted by Crippen LogP contribution is 2.23. The highest BCUT2D eigenvalue weighted by molar-refractivity contribution is 6.32. The third-order valence-electron chi connectivity index (χ3n) is 4.93. The van der Waals surface area contributed by atoms with Crippen molar-refractivity contribution in [1.82, 2.24) is 0 Å². The first-order valence-electron chi connectivity index (χ1n) is 10.9. The Morgan fingerprint density at radius 1 is 0.933 bits per heavy atom. The molecular weight excluding hydrogens is 406 g/mol. The maximum atomic E-state index is 12.0. The molecule has 0 spiro atoms. The van der Waals surface area contributed by atoms with Crippen LogP contribution in [-0.2, 0) is 19.2 Å². The first kappa shape index (κ1) is 24.2. The highest BCUT2D eigenvalue weighted by atomic mass is 35.5. The lowest BCUT2D eigenvalue weighted by atomic mass is 10.0. The van der Waals surface area contributed by atoms with Gasteiger partial charge in [0, 0.05) is 6.42 Å². The maximum Gasteiger partial charge on any atom is 0.372 e. The molecule has 0 unspecified atom stereocenters. The maximum absolute atomic E-state index is 12.0. The van der Waals surface area contributed by atoms with E-state index in [1.54, 1.807) is 24.3 Å². The second-order valence-corrected chi connectivity index (χ2v) is 7.90. The van der Waals surface area contributed by atoms with E-state index in [2.05, 4.69) is 5.16 Å². The Morgan fingerprint density at radius 2 is 1.57 bits per heavy atom.